The summed E-state index contributed by atoms with van der Waals surface area (Å²) < 4.78 is 39.0. The number of carbonyl (C=O) groups excluding carboxylic acids is 1. The number of hydrogen-bond acceptors (Lipinski definition) is 6. The molecular weight excluding hydrogens is 460 g/mol. The van der Waals surface area contributed by atoms with Crippen LogP contribution in [0.2, 0.25) is 0 Å². The summed E-state index contributed by atoms with van der Waals surface area (Å²) in [5, 5.41) is 4.93. The number of amides is 1. The molecule has 33 heavy (non-hydrogen) atoms. The Kier molecular flexibility index (Phi) is 8.78. The van der Waals surface area contributed by atoms with Gasteiger partial charge >= 0.3 is 0 Å². The largest absolute Gasteiger partial charge is 0.490 e. The van der Waals surface area contributed by atoms with E-state index < -0.39 is 10.0 Å². The van der Waals surface area contributed by atoms with Gasteiger partial charge in [0, 0.05) is 13.1 Å². The Hall–Kier alpha value is -2.10. The van der Waals surface area contributed by atoms with Gasteiger partial charge < -0.3 is 14.8 Å². The van der Waals surface area contributed by atoms with E-state index in [1.54, 1.807) is 17.5 Å². The van der Waals surface area contributed by atoms with Crippen molar-refractivity contribution in [3.63, 3.8) is 0 Å². The SMILES string of the molecule is CCOc1ccc([C@H](NC(=O)[C@H]2CCCN(S(=O)(=O)c3cccs3)C2)C(C)C)cc1OCC. The highest BCUT2D eigenvalue weighted by molar-refractivity contribution is 7.91. The van der Waals surface area contributed by atoms with Gasteiger partial charge in [0.05, 0.1) is 25.2 Å². The van der Waals surface area contributed by atoms with E-state index in [0.29, 0.717) is 48.3 Å². The third-order valence-corrected chi connectivity index (χ3v) is 8.97. The van der Waals surface area contributed by atoms with E-state index in [1.807, 2.05) is 32.0 Å². The summed E-state index contributed by atoms with van der Waals surface area (Å²) in [5.74, 6) is 0.965. The Morgan fingerprint density at radius 3 is 2.55 bits per heavy atom. The summed E-state index contributed by atoms with van der Waals surface area (Å²) in [4.78, 5) is 13.2. The molecule has 2 aromatic rings. The molecule has 3 rings (SSSR count). The van der Waals surface area contributed by atoms with E-state index in [0.717, 1.165) is 5.56 Å². The molecular formula is C24H34N2O5S2. The zero-order valence-corrected chi connectivity index (χ0v) is 21.4. The van der Waals surface area contributed by atoms with Crippen molar-refractivity contribution >= 4 is 27.3 Å². The van der Waals surface area contributed by atoms with Crippen LogP contribution < -0.4 is 14.8 Å². The van der Waals surface area contributed by atoms with Crippen LogP contribution in [0.25, 0.3) is 0 Å². The van der Waals surface area contributed by atoms with Crippen molar-refractivity contribution in [1.29, 1.82) is 0 Å². The number of sulfonamides is 1. The van der Waals surface area contributed by atoms with E-state index >= 15 is 0 Å². The lowest BCUT2D eigenvalue weighted by Crippen LogP contribution is -2.46. The van der Waals surface area contributed by atoms with E-state index in [2.05, 4.69) is 19.2 Å². The van der Waals surface area contributed by atoms with Crippen LogP contribution in [0.1, 0.15) is 52.1 Å². The molecule has 9 heteroatoms. The fourth-order valence-electron chi connectivity index (χ4n) is 4.08. The van der Waals surface area contributed by atoms with Crippen LogP contribution in [0.4, 0.5) is 0 Å². The monoisotopic (exact) mass is 494 g/mol. The number of ether oxygens (including phenoxy) is 2. The van der Waals surface area contributed by atoms with E-state index in [4.69, 9.17) is 9.47 Å². The molecule has 1 saturated heterocycles. The number of nitrogens with one attached hydrogen (secondary N) is 1. The van der Waals surface area contributed by atoms with Crippen molar-refractivity contribution < 1.29 is 22.7 Å². The van der Waals surface area contributed by atoms with E-state index in [1.165, 1.54) is 15.6 Å². The van der Waals surface area contributed by atoms with Crippen LogP contribution in [0, 0.1) is 11.8 Å². The molecule has 1 aliphatic heterocycles. The lowest BCUT2D eigenvalue weighted by atomic mass is 9.93. The molecule has 7 nitrogen and oxygen atoms in total. The first kappa shape index (κ1) is 25.5. The minimum absolute atomic E-state index is 0.119. The molecule has 1 N–H and O–H groups in total. The average Bonchev–Trinajstić information content (AvgIpc) is 3.35. The van der Waals surface area contributed by atoms with Crippen LogP contribution in [0.5, 0.6) is 11.5 Å². The number of carbonyl (C=O) groups is 1. The number of nitrogens with zero attached hydrogens (tertiary/aromatic N) is 1. The maximum Gasteiger partial charge on any atom is 0.252 e. The molecule has 0 bridgehead atoms. The summed E-state index contributed by atoms with van der Waals surface area (Å²) in [6.45, 7) is 9.64. The summed E-state index contributed by atoms with van der Waals surface area (Å²) >= 11 is 1.20. The molecule has 1 aliphatic rings. The van der Waals surface area contributed by atoms with Crippen molar-refractivity contribution in [2.24, 2.45) is 11.8 Å². The number of benzene rings is 1. The Labute approximate surface area is 201 Å². The Morgan fingerprint density at radius 2 is 1.91 bits per heavy atom. The van der Waals surface area contributed by atoms with Gasteiger partial charge in [0.2, 0.25) is 5.91 Å². The fraction of sp³-hybridized carbons (Fsp3) is 0.542. The molecule has 1 aromatic carbocycles. The van der Waals surface area contributed by atoms with Crippen molar-refractivity contribution in [3.8, 4) is 11.5 Å². The fourth-order valence-corrected chi connectivity index (χ4v) is 6.75. The second kappa shape index (κ2) is 11.4. The van der Waals surface area contributed by atoms with Gasteiger partial charge in [-0.15, -0.1) is 11.3 Å². The highest BCUT2D eigenvalue weighted by atomic mass is 32.2. The van der Waals surface area contributed by atoms with Crippen LogP contribution in [0.15, 0.2) is 39.9 Å². The number of rotatable bonds is 10. The summed E-state index contributed by atoms with van der Waals surface area (Å²) in [6, 6.07) is 8.87. The molecule has 1 fully saturated rings. The van der Waals surface area contributed by atoms with Gasteiger partial charge in [-0.1, -0.05) is 26.0 Å². The predicted molar refractivity (Wildman–Crippen MR) is 130 cm³/mol. The first-order chi connectivity index (χ1) is 15.8. The highest BCUT2D eigenvalue weighted by Crippen LogP contribution is 2.33. The molecule has 1 aromatic heterocycles. The topological polar surface area (TPSA) is 84.9 Å². The predicted octanol–water partition coefficient (Wildman–Crippen LogP) is 4.46. The molecule has 2 atom stereocenters. The first-order valence-electron chi connectivity index (χ1n) is 11.5. The van der Waals surface area contributed by atoms with Gasteiger partial charge in [-0.05, 0) is 61.7 Å². The maximum atomic E-state index is 13.2. The standard InChI is InChI=1S/C24H34N2O5S2/c1-5-30-20-12-11-18(15-21(20)31-6-2)23(17(3)4)25-24(27)19-9-7-13-26(16-19)33(28,29)22-10-8-14-32-22/h8,10-12,14-15,17,19,23H,5-7,9,13,16H2,1-4H3,(H,25,27)/t19-,23+/m0/s1. The maximum absolute atomic E-state index is 13.2. The number of piperidine rings is 1. The minimum Gasteiger partial charge on any atom is -0.490 e. The average molecular weight is 495 g/mol. The summed E-state index contributed by atoms with van der Waals surface area (Å²) in [7, 11) is -3.56. The lowest BCUT2D eigenvalue weighted by molar-refractivity contribution is -0.127. The van der Waals surface area contributed by atoms with Gasteiger partial charge in [0.25, 0.3) is 10.0 Å². The van der Waals surface area contributed by atoms with Crippen LogP contribution in [0.3, 0.4) is 0 Å². The highest BCUT2D eigenvalue weighted by Gasteiger charge is 2.35. The van der Waals surface area contributed by atoms with Gasteiger partial charge in [-0.2, -0.15) is 4.31 Å². The second-order valence-corrected chi connectivity index (χ2v) is 11.5. The molecule has 0 aliphatic carbocycles. The molecule has 0 unspecified atom stereocenters. The second-order valence-electron chi connectivity index (χ2n) is 8.44. The van der Waals surface area contributed by atoms with Gasteiger partial charge in [0.15, 0.2) is 11.5 Å². The van der Waals surface area contributed by atoms with E-state index in [9.17, 15) is 13.2 Å². The lowest BCUT2D eigenvalue weighted by Gasteiger charge is -2.32. The van der Waals surface area contributed by atoms with Gasteiger partial charge in [-0.25, -0.2) is 8.42 Å². The molecule has 182 valence electrons. The quantitative estimate of drug-likeness (QED) is 0.527. The van der Waals surface area contributed by atoms with Gasteiger partial charge in [-0.3, -0.25) is 4.79 Å². The minimum atomic E-state index is -3.56. The zero-order valence-electron chi connectivity index (χ0n) is 19.7. The van der Waals surface area contributed by atoms with Crippen LogP contribution >= 0.6 is 11.3 Å². The Balaban J connectivity index is 1.76. The van der Waals surface area contributed by atoms with Crippen molar-refractivity contribution in [1.82, 2.24) is 9.62 Å². The van der Waals surface area contributed by atoms with Crippen LogP contribution in [-0.2, 0) is 14.8 Å². The smallest absolute Gasteiger partial charge is 0.252 e. The molecule has 0 spiro atoms. The summed E-state index contributed by atoms with van der Waals surface area (Å²) in [5.41, 5.74) is 0.934. The third kappa shape index (κ3) is 6.07. The normalized spacial score (nSPS) is 18.2. The Bertz CT molecular complexity index is 1020. The first-order valence-corrected chi connectivity index (χ1v) is 13.8. The Morgan fingerprint density at radius 1 is 1.18 bits per heavy atom. The molecule has 2 heterocycles. The molecule has 0 radical (unpaired) electrons. The number of hydrogen-bond donors (Lipinski definition) is 1. The van der Waals surface area contributed by atoms with Crippen LogP contribution in [-0.4, -0.2) is 44.9 Å². The van der Waals surface area contributed by atoms with Crippen molar-refractivity contribution in [3.05, 3.63) is 41.3 Å². The molecule has 0 saturated carbocycles. The van der Waals surface area contributed by atoms with Gasteiger partial charge in [0.1, 0.15) is 4.21 Å². The van der Waals surface area contributed by atoms with Crippen molar-refractivity contribution in [2.75, 3.05) is 26.3 Å². The molecule has 1 amide bonds. The number of thiophene rings is 1. The van der Waals surface area contributed by atoms with Crippen molar-refractivity contribution in [2.45, 2.75) is 50.8 Å². The van der Waals surface area contributed by atoms with E-state index in [-0.39, 0.29) is 30.3 Å². The summed E-state index contributed by atoms with van der Waals surface area (Å²) in [6.07, 6.45) is 1.33. The third-order valence-electron chi connectivity index (χ3n) is 5.74. The zero-order chi connectivity index (χ0) is 24.0.